The first kappa shape index (κ1) is 19.4. The van der Waals surface area contributed by atoms with Crippen molar-refractivity contribution in [1.29, 1.82) is 0 Å². The van der Waals surface area contributed by atoms with E-state index in [0.29, 0.717) is 6.54 Å². The number of hydrogen-bond donors (Lipinski definition) is 2. The number of aromatic amines is 1. The van der Waals surface area contributed by atoms with Crippen LogP contribution in [0, 0.1) is 5.92 Å². The van der Waals surface area contributed by atoms with E-state index in [4.69, 9.17) is 0 Å². The average Bonchev–Trinajstić information content (AvgIpc) is 3.16. The lowest BCUT2D eigenvalue weighted by molar-refractivity contribution is 0.195. The van der Waals surface area contributed by atoms with E-state index in [1.807, 2.05) is 38.5 Å². The van der Waals surface area contributed by atoms with Gasteiger partial charge in [-0.3, -0.25) is 4.99 Å². The van der Waals surface area contributed by atoms with Crippen LogP contribution in [0.1, 0.15) is 25.6 Å². The number of likely N-dealkylation sites (tertiary alicyclic amines) is 1. The maximum Gasteiger partial charge on any atom is 0.193 e. The minimum absolute atomic E-state index is 0.688. The molecule has 1 aromatic carbocycles. The first-order valence-electron chi connectivity index (χ1n) is 9.89. The molecule has 0 spiro atoms. The van der Waals surface area contributed by atoms with Gasteiger partial charge in [-0.05, 0) is 37.4 Å². The van der Waals surface area contributed by atoms with E-state index in [0.717, 1.165) is 42.0 Å². The summed E-state index contributed by atoms with van der Waals surface area (Å²) in [5.41, 5.74) is 2.19. The molecule has 6 heteroatoms. The Bertz CT molecular complexity index is 715. The number of piperidine rings is 1. The Hall–Kier alpha value is -2.34. The van der Waals surface area contributed by atoms with Gasteiger partial charge in [0.1, 0.15) is 5.82 Å². The first-order chi connectivity index (χ1) is 13.2. The number of nitrogens with zero attached hydrogens (tertiary/aromatic N) is 4. The fourth-order valence-electron chi connectivity index (χ4n) is 3.50. The molecule has 3 rings (SSSR count). The smallest absolute Gasteiger partial charge is 0.193 e. The summed E-state index contributed by atoms with van der Waals surface area (Å²) in [4.78, 5) is 17.0. The highest BCUT2D eigenvalue weighted by Crippen LogP contribution is 2.17. The van der Waals surface area contributed by atoms with Crippen molar-refractivity contribution in [1.82, 2.24) is 25.1 Å². The summed E-state index contributed by atoms with van der Waals surface area (Å²) in [6.07, 6.45) is 4.53. The fraction of sp³-hybridized carbons (Fsp3) is 0.524. The molecule has 1 fully saturated rings. The van der Waals surface area contributed by atoms with Gasteiger partial charge in [-0.1, -0.05) is 37.3 Å². The Kier molecular flexibility index (Phi) is 6.87. The number of aliphatic imine (C=N–C) groups is 1. The van der Waals surface area contributed by atoms with Crippen molar-refractivity contribution in [2.24, 2.45) is 10.9 Å². The third-order valence-corrected chi connectivity index (χ3v) is 5.26. The number of aromatic nitrogens is 2. The lowest BCUT2D eigenvalue weighted by Crippen LogP contribution is -2.43. The normalized spacial score (nSPS) is 16.5. The Labute approximate surface area is 162 Å². The van der Waals surface area contributed by atoms with Crippen LogP contribution in [0.2, 0.25) is 0 Å². The minimum atomic E-state index is 0.688. The maximum absolute atomic E-state index is 4.52. The van der Waals surface area contributed by atoms with Gasteiger partial charge in [-0.25, -0.2) is 4.98 Å². The number of rotatable bonds is 6. The van der Waals surface area contributed by atoms with E-state index in [9.17, 15) is 0 Å². The Morgan fingerprint density at radius 1 is 1.30 bits per heavy atom. The van der Waals surface area contributed by atoms with Gasteiger partial charge in [0.2, 0.25) is 0 Å². The summed E-state index contributed by atoms with van der Waals surface area (Å²) in [7, 11) is 3.88. The van der Waals surface area contributed by atoms with E-state index < -0.39 is 0 Å². The molecule has 0 saturated carbocycles. The van der Waals surface area contributed by atoms with Crippen molar-refractivity contribution in [2.75, 3.05) is 40.3 Å². The summed E-state index contributed by atoms with van der Waals surface area (Å²) in [5, 5.41) is 3.48. The molecule has 0 bridgehead atoms. The SMILES string of the molecule is CN=C(NCCN1CCC(C)CC1)N(C)Cc1ncc(-c2ccccc2)[nH]1. The highest BCUT2D eigenvalue weighted by atomic mass is 15.3. The van der Waals surface area contributed by atoms with Crippen molar-refractivity contribution in [3.8, 4) is 11.3 Å². The molecule has 0 amide bonds. The average molecular weight is 369 g/mol. The predicted molar refractivity (Wildman–Crippen MR) is 112 cm³/mol. The molecule has 0 atom stereocenters. The number of H-pyrrole nitrogens is 1. The summed E-state index contributed by atoms with van der Waals surface area (Å²) in [6, 6.07) is 10.3. The number of hydrogen-bond acceptors (Lipinski definition) is 3. The molecule has 27 heavy (non-hydrogen) atoms. The van der Waals surface area contributed by atoms with Gasteiger partial charge in [0.15, 0.2) is 5.96 Å². The van der Waals surface area contributed by atoms with Crippen LogP contribution in [-0.2, 0) is 6.54 Å². The van der Waals surface area contributed by atoms with E-state index in [2.05, 4.69) is 49.1 Å². The van der Waals surface area contributed by atoms with Crippen LogP contribution in [0.5, 0.6) is 0 Å². The Balaban J connectivity index is 1.47. The highest BCUT2D eigenvalue weighted by Gasteiger charge is 2.15. The molecule has 2 heterocycles. The predicted octanol–water partition coefficient (Wildman–Crippen LogP) is 2.82. The molecule has 2 aromatic rings. The van der Waals surface area contributed by atoms with Crippen LogP contribution in [0.25, 0.3) is 11.3 Å². The molecule has 1 saturated heterocycles. The number of nitrogens with one attached hydrogen (secondary N) is 2. The molecule has 0 radical (unpaired) electrons. The Morgan fingerprint density at radius 3 is 2.74 bits per heavy atom. The van der Waals surface area contributed by atoms with Crippen molar-refractivity contribution < 1.29 is 0 Å². The van der Waals surface area contributed by atoms with Gasteiger partial charge < -0.3 is 20.1 Å². The van der Waals surface area contributed by atoms with Gasteiger partial charge in [-0.15, -0.1) is 0 Å². The molecule has 1 aromatic heterocycles. The van der Waals surface area contributed by atoms with Crippen LogP contribution in [0.15, 0.2) is 41.5 Å². The maximum atomic E-state index is 4.52. The first-order valence-corrected chi connectivity index (χ1v) is 9.89. The largest absolute Gasteiger partial charge is 0.355 e. The molecule has 1 aliphatic heterocycles. The van der Waals surface area contributed by atoms with Gasteiger partial charge in [0, 0.05) is 27.2 Å². The van der Waals surface area contributed by atoms with Crippen molar-refractivity contribution >= 4 is 5.96 Å². The quantitative estimate of drug-likeness (QED) is 0.608. The molecule has 0 aliphatic carbocycles. The summed E-state index contributed by atoms with van der Waals surface area (Å²) in [6.45, 7) is 7.45. The van der Waals surface area contributed by atoms with Crippen LogP contribution in [-0.4, -0.2) is 66.0 Å². The lowest BCUT2D eigenvalue weighted by Gasteiger charge is -2.30. The number of imidazole rings is 1. The molecule has 1 aliphatic rings. The third-order valence-electron chi connectivity index (χ3n) is 5.26. The van der Waals surface area contributed by atoms with E-state index in [-0.39, 0.29) is 0 Å². The zero-order valence-electron chi connectivity index (χ0n) is 16.8. The van der Waals surface area contributed by atoms with Crippen molar-refractivity contribution in [3.05, 3.63) is 42.4 Å². The molecule has 6 nitrogen and oxygen atoms in total. The number of guanidine groups is 1. The monoisotopic (exact) mass is 368 g/mol. The zero-order chi connectivity index (χ0) is 19.1. The van der Waals surface area contributed by atoms with Crippen LogP contribution in [0.3, 0.4) is 0 Å². The van der Waals surface area contributed by atoms with Crippen LogP contribution >= 0.6 is 0 Å². The second-order valence-corrected chi connectivity index (χ2v) is 7.46. The van der Waals surface area contributed by atoms with Gasteiger partial charge in [0.25, 0.3) is 0 Å². The highest BCUT2D eigenvalue weighted by molar-refractivity contribution is 5.79. The summed E-state index contributed by atoms with van der Waals surface area (Å²) >= 11 is 0. The fourth-order valence-corrected chi connectivity index (χ4v) is 3.50. The summed E-state index contributed by atoms with van der Waals surface area (Å²) in [5.74, 6) is 2.71. The van der Waals surface area contributed by atoms with E-state index >= 15 is 0 Å². The molecule has 146 valence electrons. The van der Waals surface area contributed by atoms with Crippen molar-refractivity contribution in [3.63, 3.8) is 0 Å². The second kappa shape index (κ2) is 9.55. The topological polar surface area (TPSA) is 59.6 Å². The van der Waals surface area contributed by atoms with Crippen LogP contribution < -0.4 is 5.32 Å². The van der Waals surface area contributed by atoms with E-state index in [1.165, 1.54) is 25.9 Å². The Morgan fingerprint density at radius 2 is 2.04 bits per heavy atom. The van der Waals surface area contributed by atoms with Gasteiger partial charge >= 0.3 is 0 Å². The minimum Gasteiger partial charge on any atom is -0.355 e. The molecular weight excluding hydrogens is 336 g/mol. The van der Waals surface area contributed by atoms with Crippen LogP contribution in [0.4, 0.5) is 0 Å². The number of benzene rings is 1. The molecule has 2 N–H and O–H groups in total. The summed E-state index contributed by atoms with van der Waals surface area (Å²) < 4.78 is 0. The lowest BCUT2D eigenvalue weighted by atomic mass is 9.99. The van der Waals surface area contributed by atoms with Crippen molar-refractivity contribution in [2.45, 2.75) is 26.3 Å². The standard InChI is InChI=1S/C21H32N6/c1-17-9-12-27(13-10-17)14-11-23-21(22-2)26(3)16-20-24-15-19(25-20)18-7-5-4-6-8-18/h4-8,15,17H,9-14,16H2,1-3H3,(H,22,23)(H,24,25). The van der Waals surface area contributed by atoms with E-state index in [1.54, 1.807) is 0 Å². The van der Waals surface area contributed by atoms with Gasteiger partial charge in [0.05, 0.1) is 18.4 Å². The third kappa shape index (κ3) is 5.57. The zero-order valence-corrected chi connectivity index (χ0v) is 16.8. The second-order valence-electron chi connectivity index (χ2n) is 7.46. The van der Waals surface area contributed by atoms with Gasteiger partial charge in [-0.2, -0.15) is 0 Å². The molecule has 0 unspecified atom stereocenters. The molecular formula is C21H32N6.